The summed E-state index contributed by atoms with van der Waals surface area (Å²) in [5.41, 5.74) is 7.62. The first kappa shape index (κ1) is 50.2. The van der Waals surface area contributed by atoms with Crippen LogP contribution in [-0.2, 0) is 41.5 Å². The van der Waals surface area contributed by atoms with Gasteiger partial charge in [0.05, 0.1) is 26.7 Å². The molecule has 2 atom stereocenters. The molecule has 2 heterocycles. The molecular formula is C60H56N2O7. The molecular weight excluding hydrogens is 861 g/mol. The minimum absolute atomic E-state index is 0.148. The highest BCUT2D eigenvalue weighted by molar-refractivity contribution is 5.93. The number of aryl methyl sites for hydroxylation is 2. The summed E-state index contributed by atoms with van der Waals surface area (Å²) in [5.74, 6) is 9.82. The zero-order valence-corrected chi connectivity index (χ0v) is 38.9. The summed E-state index contributed by atoms with van der Waals surface area (Å²) in [6, 6.07) is 57.2. The van der Waals surface area contributed by atoms with Crippen molar-refractivity contribution in [2.75, 3.05) is 27.3 Å². The predicted molar refractivity (Wildman–Crippen MR) is 270 cm³/mol. The molecule has 1 amide bonds. The summed E-state index contributed by atoms with van der Waals surface area (Å²) in [4.78, 5) is 50.6. The number of benzene rings is 6. The molecule has 69 heavy (non-hydrogen) atoms. The number of aliphatic carboxylic acids is 1. The Morgan fingerprint density at radius 3 is 1.35 bits per heavy atom. The average Bonchev–Trinajstić information content (AvgIpc) is 4.07. The van der Waals surface area contributed by atoms with Gasteiger partial charge in [-0.2, -0.15) is 0 Å². The third-order valence-electron chi connectivity index (χ3n) is 11.4. The lowest BCUT2D eigenvalue weighted by atomic mass is 9.89. The van der Waals surface area contributed by atoms with Crippen LogP contribution in [0.2, 0.25) is 0 Å². The second-order valence-corrected chi connectivity index (χ2v) is 16.1. The Balaban J connectivity index is 0.000000188. The van der Waals surface area contributed by atoms with Gasteiger partial charge in [0.25, 0.3) is 0 Å². The number of rotatable bonds is 12. The summed E-state index contributed by atoms with van der Waals surface area (Å²) in [7, 11) is 2.73. The number of nitrogens with zero attached hydrogens (tertiary/aromatic N) is 1. The van der Waals surface area contributed by atoms with Gasteiger partial charge in [0.2, 0.25) is 5.91 Å². The van der Waals surface area contributed by atoms with Gasteiger partial charge in [-0.05, 0) is 58.4 Å². The van der Waals surface area contributed by atoms with Gasteiger partial charge < -0.3 is 19.5 Å². The molecule has 0 aliphatic carbocycles. The topological polar surface area (TPSA) is 122 Å². The summed E-state index contributed by atoms with van der Waals surface area (Å²) in [5, 5.41) is 12.3. The van der Waals surface area contributed by atoms with E-state index in [0.29, 0.717) is 13.0 Å². The maximum atomic E-state index is 13.9. The number of carboxylic acid groups (broad SMARTS) is 1. The van der Waals surface area contributed by atoms with E-state index in [-0.39, 0.29) is 24.5 Å². The molecule has 0 saturated heterocycles. The van der Waals surface area contributed by atoms with Crippen LogP contribution in [0.25, 0.3) is 0 Å². The molecule has 2 N–H and O–H groups in total. The standard InChI is InChI=1S/C30H27NO3.C16H17NO2.C14H12O2/c1-34-30(33)27-21-24(16-12-11-15-23-13-5-2-6-14-23)22-31(27)29(32)28(25-17-7-3-8-18-25)26-19-9-4-10-20-26;1-19-16(18)15-11-14(12-17-15)10-6-5-9-13-7-3-2-4-8-13;15-14(16)13(11-7-3-1-4-8-11)12-9-5-2-6-10-12/h2-10,13-14,17-21,27-28H,11,15,22H2,1H3;2-4,7-8,11,15,17H,5,9,12H2,1H3;1-10,13H,(H,15,16)/t27-;15-;/m00./s1. The van der Waals surface area contributed by atoms with Crippen molar-refractivity contribution in [2.24, 2.45) is 0 Å². The fraction of sp³-hybridized carbons (Fsp3) is 0.200. The number of esters is 2. The van der Waals surface area contributed by atoms with Crippen LogP contribution in [0.5, 0.6) is 0 Å². The largest absolute Gasteiger partial charge is 0.481 e. The molecule has 2 aliphatic rings. The summed E-state index contributed by atoms with van der Waals surface area (Å²) in [6.45, 7) is 0.922. The molecule has 0 aromatic heterocycles. The molecule has 8 rings (SSSR count). The van der Waals surface area contributed by atoms with E-state index in [2.05, 4.69) is 58.0 Å². The smallest absolute Gasteiger partial charge is 0.332 e. The van der Waals surface area contributed by atoms with Crippen LogP contribution >= 0.6 is 0 Å². The number of ether oxygens (including phenoxy) is 2. The lowest BCUT2D eigenvalue weighted by Crippen LogP contribution is -2.44. The second kappa shape index (κ2) is 26.8. The lowest BCUT2D eigenvalue weighted by Gasteiger charge is -2.28. The van der Waals surface area contributed by atoms with Gasteiger partial charge in [-0.3, -0.25) is 19.7 Å². The Hall–Kier alpha value is -8.24. The van der Waals surface area contributed by atoms with Crippen LogP contribution in [-0.4, -0.2) is 73.2 Å². The van der Waals surface area contributed by atoms with Crippen molar-refractivity contribution in [1.29, 1.82) is 0 Å². The van der Waals surface area contributed by atoms with Crippen LogP contribution < -0.4 is 5.32 Å². The van der Waals surface area contributed by atoms with Crippen molar-refractivity contribution in [3.63, 3.8) is 0 Å². The molecule has 0 unspecified atom stereocenters. The zero-order chi connectivity index (χ0) is 48.6. The predicted octanol–water partition coefficient (Wildman–Crippen LogP) is 9.36. The SMILES string of the molecule is COC(=O)[C@@H]1C=C(C#CCCc2ccccc2)CN1.COC(=O)[C@@H]1C=C(C#CCCc2ccccc2)CN1C(=O)C(c1ccccc1)c1ccccc1.O=C(O)C(c1ccccc1)c1ccccc1. The first-order valence-electron chi connectivity index (χ1n) is 22.8. The Bertz CT molecular complexity index is 2700. The quantitative estimate of drug-likeness (QED) is 0.0921. The van der Waals surface area contributed by atoms with E-state index in [0.717, 1.165) is 52.7 Å². The van der Waals surface area contributed by atoms with Gasteiger partial charge in [-0.15, -0.1) is 0 Å². The maximum Gasteiger partial charge on any atom is 0.332 e. The van der Waals surface area contributed by atoms with Crippen LogP contribution in [0.1, 0.15) is 58.1 Å². The number of carbonyl (C=O) groups is 4. The highest BCUT2D eigenvalue weighted by atomic mass is 16.5. The van der Waals surface area contributed by atoms with Crippen molar-refractivity contribution in [3.8, 4) is 23.7 Å². The highest BCUT2D eigenvalue weighted by Gasteiger charge is 2.38. The van der Waals surface area contributed by atoms with Gasteiger partial charge in [0.15, 0.2) is 0 Å². The molecule has 9 nitrogen and oxygen atoms in total. The van der Waals surface area contributed by atoms with E-state index in [1.165, 1.54) is 25.3 Å². The fourth-order valence-electron chi connectivity index (χ4n) is 7.89. The number of amides is 1. The first-order valence-corrected chi connectivity index (χ1v) is 22.8. The Labute approximate surface area is 405 Å². The molecule has 6 aromatic carbocycles. The third-order valence-corrected chi connectivity index (χ3v) is 11.4. The van der Waals surface area contributed by atoms with E-state index >= 15 is 0 Å². The van der Waals surface area contributed by atoms with E-state index in [4.69, 9.17) is 4.74 Å². The molecule has 0 bridgehead atoms. The van der Waals surface area contributed by atoms with Crippen molar-refractivity contribution < 1.29 is 33.8 Å². The van der Waals surface area contributed by atoms with Gasteiger partial charge in [0, 0.05) is 30.5 Å². The molecule has 0 saturated carbocycles. The van der Waals surface area contributed by atoms with E-state index in [9.17, 15) is 24.3 Å². The van der Waals surface area contributed by atoms with Crippen molar-refractivity contribution in [1.82, 2.24) is 10.2 Å². The van der Waals surface area contributed by atoms with Crippen molar-refractivity contribution in [2.45, 2.75) is 49.6 Å². The third kappa shape index (κ3) is 15.1. The van der Waals surface area contributed by atoms with Gasteiger partial charge in [-0.25, -0.2) is 4.79 Å². The number of carboxylic acids is 1. The minimum atomic E-state index is -0.822. The van der Waals surface area contributed by atoms with E-state index < -0.39 is 29.8 Å². The number of nitrogens with one attached hydrogen (secondary N) is 1. The first-order chi connectivity index (χ1) is 33.7. The molecule has 6 aromatic rings. The number of methoxy groups -OCH3 is 2. The molecule has 9 heteroatoms. The van der Waals surface area contributed by atoms with Crippen molar-refractivity contribution >= 4 is 23.8 Å². The van der Waals surface area contributed by atoms with Gasteiger partial charge >= 0.3 is 17.9 Å². The molecule has 0 fully saturated rings. The van der Waals surface area contributed by atoms with E-state index in [1.807, 2.05) is 164 Å². The maximum absolute atomic E-state index is 13.9. The zero-order valence-electron chi connectivity index (χ0n) is 38.9. The molecule has 0 radical (unpaired) electrons. The van der Waals surface area contributed by atoms with Crippen molar-refractivity contribution in [3.05, 3.63) is 239 Å². The monoisotopic (exact) mass is 916 g/mol. The van der Waals surface area contributed by atoms with Gasteiger partial charge in [0.1, 0.15) is 18.0 Å². The Morgan fingerprint density at radius 2 is 0.942 bits per heavy atom. The van der Waals surface area contributed by atoms with Crippen LogP contribution in [0.4, 0.5) is 0 Å². The van der Waals surface area contributed by atoms with Crippen LogP contribution in [0.15, 0.2) is 205 Å². The number of carbonyl (C=O) groups excluding carboxylic acids is 3. The summed E-state index contributed by atoms with van der Waals surface area (Å²) in [6.07, 6.45) is 6.93. The molecule has 2 aliphatic heterocycles. The summed E-state index contributed by atoms with van der Waals surface area (Å²) >= 11 is 0. The second-order valence-electron chi connectivity index (χ2n) is 16.1. The lowest BCUT2D eigenvalue weighted by molar-refractivity contribution is -0.149. The fourth-order valence-corrected chi connectivity index (χ4v) is 7.89. The van der Waals surface area contributed by atoms with Crippen LogP contribution in [0, 0.1) is 23.7 Å². The molecule has 0 spiro atoms. The highest BCUT2D eigenvalue weighted by Crippen LogP contribution is 2.31. The average molecular weight is 917 g/mol. The summed E-state index contributed by atoms with van der Waals surface area (Å²) < 4.78 is 9.68. The molecule has 348 valence electrons. The van der Waals surface area contributed by atoms with Gasteiger partial charge in [-0.1, -0.05) is 206 Å². The number of hydrogen-bond donors (Lipinski definition) is 2. The number of hydrogen-bond acceptors (Lipinski definition) is 7. The van der Waals surface area contributed by atoms with Crippen LogP contribution in [0.3, 0.4) is 0 Å². The van der Waals surface area contributed by atoms with E-state index in [1.54, 1.807) is 11.0 Å². The Morgan fingerprint density at radius 1 is 0.551 bits per heavy atom. The Kier molecular flexibility index (Phi) is 19.5. The normalized spacial score (nSPS) is 14.5. The minimum Gasteiger partial charge on any atom is -0.481 e.